The fourth-order valence-electron chi connectivity index (χ4n) is 3.61. The number of benzene rings is 3. The molecule has 1 fully saturated rings. The third-order valence-electron chi connectivity index (χ3n) is 5.37. The highest BCUT2D eigenvalue weighted by Gasteiger charge is 2.35. The first-order chi connectivity index (χ1) is 15.4. The van der Waals surface area contributed by atoms with E-state index in [-0.39, 0.29) is 24.1 Å². The maximum atomic E-state index is 12.9. The van der Waals surface area contributed by atoms with E-state index in [1.165, 1.54) is 0 Å². The SMILES string of the molecule is Cc1ccc(N2CC(C(=O)Nc3ccccc3C(=O)Nc3ccc(Cl)cc3)CC2=O)cc1. The summed E-state index contributed by atoms with van der Waals surface area (Å²) in [6.45, 7) is 2.28. The maximum absolute atomic E-state index is 12.9. The van der Waals surface area contributed by atoms with E-state index in [1.54, 1.807) is 53.4 Å². The number of halogens is 1. The second-order valence-electron chi connectivity index (χ2n) is 7.74. The van der Waals surface area contributed by atoms with Gasteiger partial charge in [-0.05, 0) is 55.5 Å². The van der Waals surface area contributed by atoms with Gasteiger partial charge in [0.25, 0.3) is 5.91 Å². The number of anilines is 3. The zero-order valence-electron chi connectivity index (χ0n) is 17.5. The monoisotopic (exact) mass is 447 g/mol. The van der Waals surface area contributed by atoms with Gasteiger partial charge in [0, 0.05) is 29.4 Å². The van der Waals surface area contributed by atoms with E-state index in [2.05, 4.69) is 10.6 Å². The molecule has 3 aromatic rings. The van der Waals surface area contributed by atoms with Crippen LogP contribution in [0.2, 0.25) is 5.02 Å². The standard InChI is InChI=1S/C25H22ClN3O3/c1-16-6-12-20(13-7-16)29-15-17(14-23(29)30)24(31)28-22-5-3-2-4-21(22)25(32)27-19-10-8-18(26)9-11-19/h2-13,17H,14-15H2,1H3,(H,27,32)(H,28,31). The van der Waals surface area contributed by atoms with Gasteiger partial charge in [-0.3, -0.25) is 14.4 Å². The van der Waals surface area contributed by atoms with Crippen LogP contribution < -0.4 is 15.5 Å². The van der Waals surface area contributed by atoms with Crippen LogP contribution >= 0.6 is 11.6 Å². The molecule has 4 rings (SSSR count). The van der Waals surface area contributed by atoms with E-state index >= 15 is 0 Å². The van der Waals surface area contributed by atoms with Crippen LogP contribution in [0.3, 0.4) is 0 Å². The molecule has 1 aliphatic heterocycles. The molecule has 7 heteroatoms. The second-order valence-corrected chi connectivity index (χ2v) is 8.17. The number of hydrogen-bond donors (Lipinski definition) is 2. The molecule has 1 unspecified atom stereocenters. The quantitative estimate of drug-likeness (QED) is 0.584. The van der Waals surface area contributed by atoms with Crippen LogP contribution in [0.25, 0.3) is 0 Å². The molecule has 0 saturated carbocycles. The first kappa shape index (κ1) is 21.6. The summed E-state index contributed by atoms with van der Waals surface area (Å²) in [6.07, 6.45) is 0.124. The number of para-hydroxylation sites is 1. The lowest BCUT2D eigenvalue weighted by Gasteiger charge is -2.17. The predicted molar refractivity (Wildman–Crippen MR) is 126 cm³/mol. The van der Waals surface area contributed by atoms with Gasteiger partial charge in [0.05, 0.1) is 17.2 Å². The molecule has 0 aliphatic carbocycles. The third-order valence-corrected chi connectivity index (χ3v) is 5.63. The van der Waals surface area contributed by atoms with Gasteiger partial charge >= 0.3 is 0 Å². The molecule has 1 heterocycles. The van der Waals surface area contributed by atoms with Gasteiger partial charge in [0.2, 0.25) is 11.8 Å². The molecule has 2 N–H and O–H groups in total. The molecule has 0 bridgehead atoms. The smallest absolute Gasteiger partial charge is 0.257 e. The fraction of sp³-hybridized carbons (Fsp3) is 0.160. The van der Waals surface area contributed by atoms with Crippen molar-refractivity contribution in [3.8, 4) is 0 Å². The summed E-state index contributed by atoms with van der Waals surface area (Å²) in [6, 6.07) is 21.2. The van der Waals surface area contributed by atoms with Gasteiger partial charge in [-0.2, -0.15) is 0 Å². The summed E-state index contributed by atoms with van der Waals surface area (Å²) < 4.78 is 0. The van der Waals surface area contributed by atoms with Gasteiger partial charge < -0.3 is 15.5 Å². The molecule has 0 spiro atoms. The molecule has 6 nitrogen and oxygen atoms in total. The number of rotatable bonds is 5. The van der Waals surface area contributed by atoms with Crippen molar-refractivity contribution in [2.24, 2.45) is 5.92 Å². The molecule has 1 saturated heterocycles. The third kappa shape index (κ3) is 4.81. The molecule has 162 valence electrons. The molecule has 3 aromatic carbocycles. The average molecular weight is 448 g/mol. The Balaban J connectivity index is 1.46. The topological polar surface area (TPSA) is 78.5 Å². The number of nitrogens with one attached hydrogen (secondary N) is 2. The lowest BCUT2D eigenvalue weighted by Crippen LogP contribution is -2.28. The normalized spacial score (nSPS) is 15.5. The minimum Gasteiger partial charge on any atom is -0.325 e. The summed E-state index contributed by atoms with van der Waals surface area (Å²) in [5, 5.41) is 6.20. The number of carbonyl (C=O) groups is 3. The summed E-state index contributed by atoms with van der Waals surface area (Å²) in [4.78, 5) is 39.8. The zero-order valence-corrected chi connectivity index (χ0v) is 18.2. The van der Waals surface area contributed by atoms with Crippen molar-refractivity contribution in [3.05, 3.63) is 88.9 Å². The van der Waals surface area contributed by atoms with E-state index < -0.39 is 5.92 Å². The number of hydrogen-bond acceptors (Lipinski definition) is 3. The van der Waals surface area contributed by atoms with Gasteiger partial charge in [-0.25, -0.2) is 0 Å². The lowest BCUT2D eigenvalue weighted by atomic mass is 10.1. The minimum atomic E-state index is -0.504. The van der Waals surface area contributed by atoms with Crippen molar-refractivity contribution in [2.45, 2.75) is 13.3 Å². The molecule has 1 aliphatic rings. The van der Waals surface area contributed by atoms with Crippen molar-refractivity contribution in [2.75, 3.05) is 22.1 Å². The number of carbonyl (C=O) groups excluding carboxylic acids is 3. The largest absolute Gasteiger partial charge is 0.325 e. The zero-order chi connectivity index (χ0) is 22.7. The summed E-state index contributed by atoms with van der Waals surface area (Å²) in [5.74, 6) is -1.24. The average Bonchev–Trinajstić information content (AvgIpc) is 3.18. The van der Waals surface area contributed by atoms with Crippen molar-refractivity contribution >= 4 is 46.4 Å². The molecule has 0 aromatic heterocycles. The Morgan fingerprint density at radius 3 is 2.34 bits per heavy atom. The van der Waals surface area contributed by atoms with Crippen molar-refractivity contribution in [3.63, 3.8) is 0 Å². The van der Waals surface area contributed by atoms with Gasteiger partial charge in [0.1, 0.15) is 0 Å². The minimum absolute atomic E-state index is 0.0947. The van der Waals surface area contributed by atoms with E-state index in [0.717, 1.165) is 11.3 Å². The van der Waals surface area contributed by atoms with E-state index in [9.17, 15) is 14.4 Å². The van der Waals surface area contributed by atoms with Crippen LogP contribution in [0.15, 0.2) is 72.8 Å². The van der Waals surface area contributed by atoms with E-state index in [4.69, 9.17) is 11.6 Å². The van der Waals surface area contributed by atoms with Crippen LogP contribution in [-0.4, -0.2) is 24.3 Å². The van der Waals surface area contributed by atoms with Gasteiger partial charge in [-0.1, -0.05) is 41.4 Å². The Hall–Kier alpha value is -3.64. The Bertz CT molecular complexity index is 1160. The lowest BCUT2D eigenvalue weighted by molar-refractivity contribution is -0.122. The van der Waals surface area contributed by atoms with Crippen LogP contribution in [0.5, 0.6) is 0 Å². The highest BCUT2D eigenvalue weighted by molar-refractivity contribution is 6.30. The summed E-state index contributed by atoms with van der Waals surface area (Å²) in [5.41, 5.74) is 3.19. The van der Waals surface area contributed by atoms with Crippen molar-refractivity contribution in [1.29, 1.82) is 0 Å². The molecular formula is C25H22ClN3O3. The van der Waals surface area contributed by atoms with Gasteiger partial charge in [0.15, 0.2) is 0 Å². The first-order valence-corrected chi connectivity index (χ1v) is 10.6. The van der Waals surface area contributed by atoms with Gasteiger partial charge in [-0.15, -0.1) is 0 Å². The van der Waals surface area contributed by atoms with Crippen LogP contribution in [-0.2, 0) is 9.59 Å². The second kappa shape index (κ2) is 9.24. The van der Waals surface area contributed by atoms with Crippen molar-refractivity contribution in [1.82, 2.24) is 0 Å². The molecular weight excluding hydrogens is 426 g/mol. The first-order valence-electron chi connectivity index (χ1n) is 10.2. The Morgan fingerprint density at radius 1 is 0.938 bits per heavy atom. The molecule has 0 radical (unpaired) electrons. The summed E-state index contributed by atoms with van der Waals surface area (Å²) >= 11 is 5.89. The Morgan fingerprint density at radius 2 is 1.62 bits per heavy atom. The Labute approximate surface area is 191 Å². The molecule has 3 amide bonds. The number of aryl methyl sites for hydroxylation is 1. The molecule has 32 heavy (non-hydrogen) atoms. The van der Waals surface area contributed by atoms with Crippen molar-refractivity contribution < 1.29 is 14.4 Å². The van der Waals surface area contributed by atoms with E-state index in [0.29, 0.717) is 28.5 Å². The number of amides is 3. The Kier molecular flexibility index (Phi) is 6.23. The van der Waals surface area contributed by atoms with Crippen LogP contribution in [0.1, 0.15) is 22.3 Å². The van der Waals surface area contributed by atoms with Crippen LogP contribution in [0, 0.1) is 12.8 Å². The summed E-state index contributed by atoms with van der Waals surface area (Å²) in [7, 11) is 0. The van der Waals surface area contributed by atoms with Crippen LogP contribution in [0.4, 0.5) is 17.1 Å². The van der Waals surface area contributed by atoms with E-state index in [1.807, 2.05) is 31.2 Å². The fourth-order valence-corrected chi connectivity index (χ4v) is 3.74. The number of nitrogens with zero attached hydrogens (tertiary/aromatic N) is 1. The highest BCUT2D eigenvalue weighted by atomic mass is 35.5. The predicted octanol–water partition coefficient (Wildman–Crippen LogP) is 4.89. The maximum Gasteiger partial charge on any atom is 0.257 e. The molecule has 1 atom stereocenters. The highest BCUT2D eigenvalue weighted by Crippen LogP contribution is 2.27.